The molecule has 0 bridgehead atoms. The Hall–Kier alpha value is -4.00. The maximum Gasteiger partial charge on any atom is 0.327 e. The van der Waals surface area contributed by atoms with Gasteiger partial charge in [-0.3, -0.25) is 9.55 Å². The zero-order valence-electron chi connectivity index (χ0n) is 24.3. The second-order valence-corrected chi connectivity index (χ2v) is 11.9. The molecule has 230 valence electrons. The van der Waals surface area contributed by atoms with Crippen molar-refractivity contribution in [3.63, 3.8) is 0 Å². The molecule has 3 aliphatic heterocycles. The molecule has 43 heavy (non-hydrogen) atoms. The lowest BCUT2D eigenvalue weighted by Crippen LogP contribution is -2.55. The molecule has 0 spiro atoms. The highest BCUT2D eigenvalue weighted by atomic mass is 19.2. The third kappa shape index (κ3) is 6.08. The smallest absolute Gasteiger partial charge is 0.327 e. The van der Waals surface area contributed by atoms with Crippen LogP contribution in [0.3, 0.4) is 0 Å². The van der Waals surface area contributed by atoms with Gasteiger partial charge in [0.2, 0.25) is 0 Å². The fourth-order valence-electron chi connectivity index (χ4n) is 6.67. The Labute approximate surface area is 248 Å². The summed E-state index contributed by atoms with van der Waals surface area (Å²) in [6, 6.07) is 7.08. The zero-order chi connectivity index (χ0) is 30.1. The number of hydrogen-bond acceptors (Lipinski definition) is 5. The van der Waals surface area contributed by atoms with E-state index in [1.54, 1.807) is 37.6 Å². The number of carbonyl (C=O) groups excluding carboxylic acids is 2. The van der Waals surface area contributed by atoms with Crippen molar-refractivity contribution in [1.82, 2.24) is 39.5 Å². The zero-order valence-corrected chi connectivity index (χ0v) is 24.3. The summed E-state index contributed by atoms with van der Waals surface area (Å²) < 4.78 is 30.7. The van der Waals surface area contributed by atoms with Crippen LogP contribution >= 0.6 is 0 Å². The Morgan fingerprint density at radius 2 is 1.67 bits per heavy atom. The molecule has 4 amide bonds. The van der Waals surface area contributed by atoms with Gasteiger partial charge >= 0.3 is 17.8 Å². The minimum absolute atomic E-state index is 0.0500. The Morgan fingerprint density at radius 3 is 2.44 bits per heavy atom. The quantitative estimate of drug-likeness (QED) is 0.483. The van der Waals surface area contributed by atoms with Gasteiger partial charge in [-0.05, 0) is 56.5 Å². The molecule has 0 unspecified atom stereocenters. The summed E-state index contributed by atoms with van der Waals surface area (Å²) >= 11 is 0. The number of piperidine rings is 1. The molecular formula is C30H38F2N8O3. The van der Waals surface area contributed by atoms with E-state index in [0.29, 0.717) is 64.1 Å². The number of aromatic amines is 1. The number of urea groups is 2. The summed E-state index contributed by atoms with van der Waals surface area (Å²) in [6.45, 7) is 4.19. The summed E-state index contributed by atoms with van der Waals surface area (Å²) in [7, 11) is 2.01. The Morgan fingerprint density at radius 1 is 0.907 bits per heavy atom. The Balaban J connectivity index is 1.13. The second-order valence-electron chi connectivity index (χ2n) is 11.9. The number of benzene rings is 1. The van der Waals surface area contributed by atoms with Gasteiger partial charge in [0, 0.05) is 76.6 Å². The van der Waals surface area contributed by atoms with Crippen LogP contribution in [0.4, 0.5) is 18.4 Å². The van der Waals surface area contributed by atoms with Crippen LogP contribution in [0.2, 0.25) is 0 Å². The van der Waals surface area contributed by atoms with Gasteiger partial charge in [0.1, 0.15) is 0 Å². The molecular weight excluding hydrogens is 558 g/mol. The number of likely N-dealkylation sites (N-methyl/N-ethyl adjacent to an activating group) is 1. The number of likely N-dealkylation sites (tertiary alicyclic amines) is 2. The monoisotopic (exact) mass is 596 g/mol. The molecule has 2 aromatic heterocycles. The molecule has 2 atom stereocenters. The van der Waals surface area contributed by atoms with Gasteiger partial charge in [-0.1, -0.05) is 12.1 Å². The average Bonchev–Trinajstić information content (AvgIpc) is 3.21. The van der Waals surface area contributed by atoms with Crippen LogP contribution in [0.25, 0.3) is 11.2 Å². The molecule has 11 nitrogen and oxygen atoms in total. The first kappa shape index (κ1) is 29.1. The highest BCUT2D eigenvalue weighted by molar-refractivity contribution is 5.76. The fourth-order valence-corrected chi connectivity index (χ4v) is 6.67. The van der Waals surface area contributed by atoms with Crippen LogP contribution in [0, 0.1) is 11.6 Å². The van der Waals surface area contributed by atoms with Crippen molar-refractivity contribution in [1.29, 1.82) is 0 Å². The number of piperazine rings is 1. The van der Waals surface area contributed by atoms with Crippen molar-refractivity contribution in [3.8, 4) is 0 Å². The van der Waals surface area contributed by atoms with E-state index in [1.807, 2.05) is 13.1 Å². The molecule has 3 saturated heterocycles. The normalized spacial score (nSPS) is 22.5. The lowest BCUT2D eigenvalue weighted by molar-refractivity contribution is 0.118. The number of amides is 4. The highest BCUT2D eigenvalue weighted by Crippen LogP contribution is 2.31. The molecule has 3 aliphatic rings. The van der Waals surface area contributed by atoms with Crippen LogP contribution in [0.5, 0.6) is 0 Å². The number of imidazole rings is 1. The van der Waals surface area contributed by atoms with E-state index in [0.717, 1.165) is 24.7 Å². The summed E-state index contributed by atoms with van der Waals surface area (Å²) in [6.07, 6.45) is 3.90. The van der Waals surface area contributed by atoms with Crippen molar-refractivity contribution in [2.75, 3.05) is 59.4 Å². The number of pyridine rings is 1. The first-order valence-electron chi connectivity index (χ1n) is 15.1. The third-order valence-electron chi connectivity index (χ3n) is 9.15. The SMILES string of the molecule is CN1CCN(C(=O)N2C[C@H](NC(=O)N3CCC(n4c(=O)[nH]c5ncccc54)CC3)CC[C@@H](c3cccc(F)c3F)C2)CC1. The van der Waals surface area contributed by atoms with Crippen molar-refractivity contribution < 1.29 is 18.4 Å². The molecule has 0 saturated carbocycles. The van der Waals surface area contributed by atoms with Crippen molar-refractivity contribution in [2.24, 2.45) is 0 Å². The minimum Gasteiger partial charge on any atom is -0.333 e. The maximum atomic E-state index is 14.8. The van der Waals surface area contributed by atoms with Gasteiger partial charge in [-0.25, -0.2) is 28.1 Å². The molecule has 2 N–H and O–H groups in total. The minimum atomic E-state index is -0.905. The van der Waals surface area contributed by atoms with Gasteiger partial charge < -0.3 is 24.9 Å². The number of nitrogens with zero attached hydrogens (tertiary/aromatic N) is 6. The maximum absolute atomic E-state index is 14.8. The molecule has 5 heterocycles. The number of rotatable bonds is 3. The average molecular weight is 597 g/mol. The van der Waals surface area contributed by atoms with Crippen LogP contribution < -0.4 is 11.0 Å². The molecule has 0 radical (unpaired) electrons. The number of nitrogens with one attached hydrogen (secondary N) is 2. The molecule has 6 rings (SSSR count). The molecule has 13 heteroatoms. The number of aromatic nitrogens is 3. The number of halogens is 2. The Kier molecular flexibility index (Phi) is 8.33. The summed E-state index contributed by atoms with van der Waals surface area (Å²) in [5, 5.41) is 3.13. The van der Waals surface area contributed by atoms with Crippen LogP contribution in [0.1, 0.15) is 43.2 Å². The highest BCUT2D eigenvalue weighted by Gasteiger charge is 2.34. The first-order valence-corrected chi connectivity index (χ1v) is 15.1. The van der Waals surface area contributed by atoms with Crippen LogP contribution in [-0.2, 0) is 0 Å². The van der Waals surface area contributed by atoms with E-state index >= 15 is 0 Å². The topological polar surface area (TPSA) is 110 Å². The summed E-state index contributed by atoms with van der Waals surface area (Å²) in [4.78, 5) is 54.1. The molecule has 3 fully saturated rings. The van der Waals surface area contributed by atoms with Gasteiger partial charge in [0.25, 0.3) is 0 Å². The fraction of sp³-hybridized carbons (Fsp3) is 0.533. The second kappa shape index (κ2) is 12.3. The summed E-state index contributed by atoms with van der Waals surface area (Å²) in [5.41, 5.74) is 1.36. The van der Waals surface area contributed by atoms with Gasteiger partial charge in [-0.15, -0.1) is 0 Å². The van der Waals surface area contributed by atoms with E-state index in [-0.39, 0.29) is 41.9 Å². The molecule has 3 aromatic rings. The summed E-state index contributed by atoms with van der Waals surface area (Å²) in [5.74, 6) is -2.18. The van der Waals surface area contributed by atoms with E-state index < -0.39 is 17.6 Å². The number of hydrogen-bond donors (Lipinski definition) is 2. The van der Waals surface area contributed by atoms with Crippen molar-refractivity contribution in [2.45, 2.75) is 43.7 Å². The van der Waals surface area contributed by atoms with E-state index in [9.17, 15) is 23.2 Å². The van der Waals surface area contributed by atoms with Gasteiger partial charge in [-0.2, -0.15) is 0 Å². The third-order valence-corrected chi connectivity index (χ3v) is 9.15. The van der Waals surface area contributed by atoms with E-state index in [1.165, 1.54) is 6.07 Å². The lowest BCUT2D eigenvalue weighted by Gasteiger charge is -2.37. The predicted octanol–water partition coefficient (Wildman–Crippen LogP) is 2.96. The van der Waals surface area contributed by atoms with Crippen LogP contribution in [-0.4, -0.2) is 112 Å². The number of carbonyl (C=O) groups is 2. The molecule has 1 aromatic carbocycles. The van der Waals surface area contributed by atoms with Crippen LogP contribution in [0.15, 0.2) is 41.3 Å². The lowest BCUT2D eigenvalue weighted by atomic mass is 9.93. The number of H-pyrrole nitrogens is 1. The number of fused-ring (bicyclic) bond motifs is 1. The van der Waals surface area contributed by atoms with E-state index in [4.69, 9.17) is 0 Å². The van der Waals surface area contributed by atoms with Gasteiger partial charge in [0.15, 0.2) is 17.3 Å². The van der Waals surface area contributed by atoms with Crippen molar-refractivity contribution >= 4 is 23.2 Å². The largest absolute Gasteiger partial charge is 0.333 e. The van der Waals surface area contributed by atoms with E-state index in [2.05, 4.69) is 20.2 Å². The predicted molar refractivity (Wildman–Crippen MR) is 157 cm³/mol. The standard InChI is InChI=1S/C30H38F2N8O3/c1-36-14-16-38(17-15-36)30(43)39-18-20(23-4-2-5-24(31)26(23)32)7-8-21(19-39)34-28(41)37-12-9-22(10-13-37)40-25-6-3-11-33-27(25)35-29(40)42/h2-6,11,20-22H,7-10,12-19H2,1H3,(H,34,41)(H,33,35,42)/t20-,21-/m1/s1. The first-order chi connectivity index (χ1) is 20.8. The van der Waals surface area contributed by atoms with Gasteiger partial charge in [0.05, 0.1) is 5.52 Å². The molecule has 0 aliphatic carbocycles. The van der Waals surface area contributed by atoms with Crippen molar-refractivity contribution in [3.05, 3.63) is 64.2 Å². The Bertz CT molecular complexity index is 1530.